The maximum Gasteiger partial charge on any atom is 0.282 e. The molecule has 1 fully saturated rings. The molecule has 0 bridgehead atoms. The second-order valence-corrected chi connectivity index (χ2v) is 6.48. The summed E-state index contributed by atoms with van der Waals surface area (Å²) in [6.07, 6.45) is 7.78. The van der Waals surface area contributed by atoms with Gasteiger partial charge in [-0.2, -0.15) is 0 Å². The van der Waals surface area contributed by atoms with E-state index >= 15 is 0 Å². The van der Waals surface area contributed by atoms with Crippen LogP contribution in [0.4, 0.5) is 0 Å². The van der Waals surface area contributed by atoms with E-state index in [2.05, 4.69) is 10.3 Å². The van der Waals surface area contributed by atoms with Gasteiger partial charge in [0.25, 0.3) is 11.9 Å². The van der Waals surface area contributed by atoms with Crippen molar-refractivity contribution >= 4 is 11.9 Å². The Kier molecular flexibility index (Phi) is 5.16. The Morgan fingerprint density at radius 2 is 1.96 bits per heavy atom. The molecule has 1 aromatic carbocycles. The Hall–Kier alpha value is -2.04. The lowest BCUT2D eigenvalue weighted by Crippen LogP contribution is -2.36. The van der Waals surface area contributed by atoms with Gasteiger partial charge in [0.05, 0.1) is 6.04 Å². The summed E-state index contributed by atoms with van der Waals surface area (Å²) >= 11 is 0. The first kappa shape index (κ1) is 15.8. The molecule has 1 aliphatic heterocycles. The van der Waals surface area contributed by atoms with Gasteiger partial charge in [-0.1, -0.05) is 31.4 Å². The molecule has 3 N–H and O–H groups in total. The van der Waals surface area contributed by atoms with Crippen LogP contribution in [-0.4, -0.2) is 30.6 Å². The van der Waals surface area contributed by atoms with Crippen LogP contribution in [-0.2, 0) is 11.2 Å². The lowest BCUT2D eigenvalue weighted by atomic mass is 9.95. The highest BCUT2D eigenvalue weighted by atomic mass is 16.5. The van der Waals surface area contributed by atoms with Gasteiger partial charge in [0.1, 0.15) is 6.61 Å². The molecule has 1 aliphatic carbocycles. The normalized spacial score (nSPS) is 21.6. The molecule has 0 saturated heterocycles. The summed E-state index contributed by atoms with van der Waals surface area (Å²) in [7, 11) is 0. The van der Waals surface area contributed by atoms with Crippen LogP contribution in [0, 0.1) is 0 Å². The van der Waals surface area contributed by atoms with Crippen LogP contribution in [0.25, 0.3) is 0 Å². The maximum absolute atomic E-state index is 12.3. The molecule has 124 valence electrons. The molecule has 1 saturated carbocycles. The number of aliphatic imine (C=N–C) groups is 1. The van der Waals surface area contributed by atoms with E-state index < -0.39 is 0 Å². The SMILES string of the molecule is NC1=NC(CCc2ccc(C(=O)NC3CCCCC3)cc2)CO1. The largest absolute Gasteiger partial charge is 0.463 e. The van der Waals surface area contributed by atoms with Crippen LogP contribution in [0.3, 0.4) is 0 Å². The van der Waals surface area contributed by atoms with Crippen LogP contribution in [0.2, 0.25) is 0 Å². The Labute approximate surface area is 137 Å². The van der Waals surface area contributed by atoms with Gasteiger partial charge in [0, 0.05) is 11.6 Å². The van der Waals surface area contributed by atoms with Crippen LogP contribution < -0.4 is 11.1 Å². The zero-order valence-corrected chi connectivity index (χ0v) is 13.5. The smallest absolute Gasteiger partial charge is 0.282 e. The Morgan fingerprint density at radius 3 is 2.61 bits per heavy atom. The molecule has 1 heterocycles. The van der Waals surface area contributed by atoms with Gasteiger partial charge in [0.15, 0.2) is 0 Å². The van der Waals surface area contributed by atoms with E-state index in [0.29, 0.717) is 18.7 Å². The van der Waals surface area contributed by atoms with Crippen molar-refractivity contribution in [2.45, 2.75) is 57.0 Å². The average molecular weight is 315 g/mol. The summed E-state index contributed by atoms with van der Waals surface area (Å²) in [5, 5.41) is 3.15. The van der Waals surface area contributed by atoms with Gasteiger partial charge in [-0.15, -0.1) is 0 Å². The number of nitrogens with zero attached hydrogens (tertiary/aromatic N) is 1. The average Bonchev–Trinajstić information content (AvgIpc) is 3.00. The predicted octanol–water partition coefficient (Wildman–Crippen LogP) is 2.40. The van der Waals surface area contributed by atoms with Gasteiger partial charge in [-0.05, 0) is 43.4 Å². The molecule has 5 nitrogen and oxygen atoms in total. The van der Waals surface area contributed by atoms with Gasteiger partial charge in [-0.3, -0.25) is 4.79 Å². The summed E-state index contributed by atoms with van der Waals surface area (Å²) in [4.78, 5) is 16.5. The highest BCUT2D eigenvalue weighted by molar-refractivity contribution is 5.94. The zero-order valence-electron chi connectivity index (χ0n) is 13.5. The lowest BCUT2D eigenvalue weighted by molar-refractivity contribution is 0.0927. The summed E-state index contributed by atoms with van der Waals surface area (Å²) < 4.78 is 5.15. The van der Waals surface area contributed by atoms with Gasteiger partial charge in [0.2, 0.25) is 0 Å². The molecule has 2 aliphatic rings. The predicted molar refractivity (Wildman–Crippen MR) is 90.5 cm³/mol. The number of benzene rings is 1. The summed E-state index contributed by atoms with van der Waals surface area (Å²) in [5.41, 5.74) is 7.46. The third kappa shape index (κ3) is 4.47. The van der Waals surface area contributed by atoms with E-state index in [1.165, 1.54) is 24.8 Å². The van der Waals surface area contributed by atoms with E-state index in [1.807, 2.05) is 24.3 Å². The number of aryl methyl sites for hydroxylation is 1. The van der Waals surface area contributed by atoms with Crippen molar-refractivity contribution in [2.75, 3.05) is 6.61 Å². The maximum atomic E-state index is 12.3. The molecule has 3 rings (SSSR count). The minimum atomic E-state index is 0.0463. The first-order chi connectivity index (χ1) is 11.2. The molecule has 23 heavy (non-hydrogen) atoms. The first-order valence-electron chi connectivity index (χ1n) is 8.56. The fourth-order valence-corrected chi connectivity index (χ4v) is 3.26. The summed E-state index contributed by atoms with van der Waals surface area (Å²) in [6.45, 7) is 0.577. The van der Waals surface area contributed by atoms with Crippen LogP contribution in [0.5, 0.6) is 0 Å². The van der Waals surface area contributed by atoms with Crippen molar-refractivity contribution in [3.05, 3.63) is 35.4 Å². The lowest BCUT2D eigenvalue weighted by Gasteiger charge is -2.22. The Morgan fingerprint density at radius 1 is 1.22 bits per heavy atom. The molecule has 0 spiro atoms. The Bertz CT molecular complexity index is 562. The zero-order chi connectivity index (χ0) is 16.1. The number of carbonyl (C=O) groups excluding carboxylic acids is 1. The fraction of sp³-hybridized carbons (Fsp3) is 0.556. The number of nitrogens with one attached hydrogen (secondary N) is 1. The Balaban J connectivity index is 1.49. The van der Waals surface area contributed by atoms with Gasteiger partial charge in [-0.25, -0.2) is 4.99 Å². The second kappa shape index (κ2) is 7.49. The molecular formula is C18H25N3O2. The van der Waals surface area contributed by atoms with Crippen molar-refractivity contribution < 1.29 is 9.53 Å². The highest BCUT2D eigenvalue weighted by Gasteiger charge is 2.18. The van der Waals surface area contributed by atoms with E-state index in [-0.39, 0.29) is 11.9 Å². The van der Waals surface area contributed by atoms with Gasteiger partial charge >= 0.3 is 0 Å². The number of amides is 1. The van der Waals surface area contributed by atoms with Crippen molar-refractivity contribution in [1.29, 1.82) is 0 Å². The third-order valence-electron chi connectivity index (χ3n) is 4.66. The first-order valence-corrected chi connectivity index (χ1v) is 8.56. The molecule has 5 heteroatoms. The molecular weight excluding hydrogens is 290 g/mol. The van der Waals surface area contributed by atoms with E-state index in [1.54, 1.807) is 0 Å². The minimum Gasteiger partial charge on any atom is -0.463 e. The van der Waals surface area contributed by atoms with Crippen LogP contribution in [0.1, 0.15) is 54.4 Å². The fourth-order valence-electron chi connectivity index (χ4n) is 3.26. The van der Waals surface area contributed by atoms with Crippen LogP contribution in [0.15, 0.2) is 29.3 Å². The van der Waals surface area contributed by atoms with Crippen molar-refractivity contribution in [2.24, 2.45) is 10.7 Å². The topological polar surface area (TPSA) is 76.7 Å². The minimum absolute atomic E-state index is 0.0463. The number of hydrogen-bond donors (Lipinski definition) is 2. The van der Waals surface area contributed by atoms with Crippen molar-refractivity contribution in [3.8, 4) is 0 Å². The molecule has 0 aromatic heterocycles. The van der Waals surface area contributed by atoms with E-state index in [4.69, 9.17) is 10.5 Å². The highest BCUT2D eigenvalue weighted by Crippen LogP contribution is 2.18. The number of nitrogens with two attached hydrogens (primary N) is 1. The molecule has 0 radical (unpaired) electrons. The number of hydrogen-bond acceptors (Lipinski definition) is 4. The van der Waals surface area contributed by atoms with Crippen molar-refractivity contribution in [1.82, 2.24) is 5.32 Å². The standard InChI is InChI=1S/C18H25N3O2/c19-18-21-16(12-23-18)11-8-13-6-9-14(10-7-13)17(22)20-15-4-2-1-3-5-15/h6-7,9-10,15-16H,1-5,8,11-12H2,(H2,19,21)(H,20,22). The second-order valence-electron chi connectivity index (χ2n) is 6.48. The quantitative estimate of drug-likeness (QED) is 0.876. The monoisotopic (exact) mass is 315 g/mol. The molecule has 1 atom stereocenters. The van der Waals surface area contributed by atoms with E-state index in [0.717, 1.165) is 31.2 Å². The summed E-state index contributed by atoms with van der Waals surface area (Å²) in [6, 6.07) is 8.68. The van der Waals surface area contributed by atoms with E-state index in [9.17, 15) is 4.79 Å². The number of rotatable bonds is 5. The molecule has 1 aromatic rings. The number of ether oxygens (including phenoxy) is 1. The number of carbonyl (C=O) groups is 1. The van der Waals surface area contributed by atoms with Gasteiger partial charge < -0.3 is 15.8 Å². The number of amidine groups is 1. The third-order valence-corrected chi connectivity index (χ3v) is 4.66. The van der Waals surface area contributed by atoms with Crippen molar-refractivity contribution in [3.63, 3.8) is 0 Å². The van der Waals surface area contributed by atoms with Crippen LogP contribution >= 0.6 is 0 Å². The summed E-state index contributed by atoms with van der Waals surface area (Å²) in [5.74, 6) is 0.0463. The molecule has 1 unspecified atom stereocenters. The molecule has 1 amide bonds.